The van der Waals surface area contributed by atoms with Gasteiger partial charge in [-0.05, 0) is 25.0 Å². The third-order valence-corrected chi connectivity index (χ3v) is 6.13. The zero-order valence-corrected chi connectivity index (χ0v) is 16.3. The average Bonchev–Trinajstić information content (AvgIpc) is 3.01. The van der Waals surface area contributed by atoms with Crippen LogP contribution in [0.4, 0.5) is 5.13 Å². The minimum absolute atomic E-state index is 0.0407. The second-order valence-electron chi connectivity index (χ2n) is 7.14. The summed E-state index contributed by atoms with van der Waals surface area (Å²) in [5.74, 6) is 1.65. The highest BCUT2D eigenvalue weighted by Crippen LogP contribution is 2.34. The number of hydrogen-bond donors (Lipinski definition) is 2. The molecule has 4 heterocycles. The first-order valence-corrected chi connectivity index (χ1v) is 10.1. The molecule has 1 aliphatic carbocycles. The number of imidazole rings is 2. The quantitative estimate of drug-likeness (QED) is 0.479. The number of benzene rings is 1. The minimum Gasteiger partial charge on any atom is -0.326 e. The van der Waals surface area contributed by atoms with E-state index in [9.17, 15) is 4.79 Å². The number of carbonyl (C=O) groups excluding carboxylic acids is 1. The Bertz CT molecular complexity index is 1390. The van der Waals surface area contributed by atoms with Gasteiger partial charge in [0.25, 0.3) is 0 Å². The second-order valence-corrected chi connectivity index (χ2v) is 8.14. The summed E-state index contributed by atoms with van der Waals surface area (Å²) < 4.78 is 4.79. The number of aryl methyl sites for hydroxylation is 1. The normalized spacial score (nSPS) is 14.1. The number of rotatable bonds is 4. The van der Waals surface area contributed by atoms with Gasteiger partial charge in [0.1, 0.15) is 16.7 Å². The molecule has 9 nitrogen and oxygen atoms in total. The maximum Gasteiger partial charge on any atom is 0.229 e. The molecular weight excluding hydrogens is 388 g/mol. The fraction of sp³-hybridized carbons (Fsp3) is 0.211. The molecule has 10 heteroatoms. The van der Waals surface area contributed by atoms with E-state index in [1.165, 1.54) is 11.3 Å². The Morgan fingerprint density at radius 1 is 1.28 bits per heavy atom. The number of amides is 1. The smallest absolute Gasteiger partial charge is 0.229 e. The molecule has 0 aliphatic heterocycles. The fourth-order valence-corrected chi connectivity index (χ4v) is 4.38. The SMILES string of the molecule is Cn1c(-c2cncn2-c2n[nH]c3nc(NC(=O)C4CC4)sc23)nc2ccccc21. The lowest BCUT2D eigenvalue weighted by Crippen LogP contribution is -2.12. The maximum absolute atomic E-state index is 12.1. The lowest BCUT2D eigenvalue weighted by atomic mass is 10.3. The number of nitrogens with zero attached hydrogens (tertiary/aromatic N) is 6. The molecule has 0 spiro atoms. The van der Waals surface area contributed by atoms with Crippen molar-refractivity contribution in [2.45, 2.75) is 12.8 Å². The highest BCUT2D eigenvalue weighted by atomic mass is 32.1. The summed E-state index contributed by atoms with van der Waals surface area (Å²) in [7, 11) is 1.99. The van der Waals surface area contributed by atoms with Crippen LogP contribution in [0.1, 0.15) is 12.8 Å². The molecule has 1 amide bonds. The first-order chi connectivity index (χ1) is 14.2. The summed E-state index contributed by atoms with van der Waals surface area (Å²) in [6.07, 6.45) is 5.40. The number of anilines is 1. The molecule has 6 rings (SSSR count). The van der Waals surface area contributed by atoms with Crippen molar-refractivity contribution in [1.29, 1.82) is 0 Å². The van der Waals surface area contributed by atoms with Gasteiger partial charge >= 0.3 is 0 Å². The monoisotopic (exact) mass is 404 g/mol. The summed E-state index contributed by atoms with van der Waals surface area (Å²) in [5, 5.41) is 10.9. The lowest BCUT2D eigenvalue weighted by Gasteiger charge is -2.05. The molecule has 29 heavy (non-hydrogen) atoms. The van der Waals surface area contributed by atoms with Crippen molar-refractivity contribution in [3.05, 3.63) is 36.8 Å². The van der Waals surface area contributed by atoms with Gasteiger partial charge in [0.15, 0.2) is 22.4 Å². The first-order valence-electron chi connectivity index (χ1n) is 9.29. The van der Waals surface area contributed by atoms with E-state index in [1.807, 2.05) is 40.4 Å². The van der Waals surface area contributed by atoms with E-state index in [0.29, 0.717) is 16.6 Å². The van der Waals surface area contributed by atoms with Crippen LogP contribution >= 0.6 is 11.3 Å². The Balaban J connectivity index is 1.44. The molecule has 4 aromatic heterocycles. The van der Waals surface area contributed by atoms with Crippen molar-refractivity contribution in [3.8, 4) is 17.3 Å². The van der Waals surface area contributed by atoms with Crippen LogP contribution in [0.25, 0.3) is 38.7 Å². The van der Waals surface area contributed by atoms with E-state index in [1.54, 1.807) is 12.5 Å². The van der Waals surface area contributed by atoms with Crippen molar-refractivity contribution in [2.75, 3.05) is 5.32 Å². The molecule has 5 aromatic rings. The number of aromatic nitrogens is 7. The number of fused-ring (bicyclic) bond motifs is 2. The Kier molecular flexibility index (Phi) is 3.39. The van der Waals surface area contributed by atoms with Gasteiger partial charge in [-0.1, -0.05) is 23.5 Å². The van der Waals surface area contributed by atoms with Crippen molar-refractivity contribution in [3.63, 3.8) is 0 Å². The number of hydrogen-bond acceptors (Lipinski definition) is 6. The molecule has 0 saturated heterocycles. The molecule has 0 bridgehead atoms. The number of H-pyrrole nitrogens is 1. The molecule has 2 N–H and O–H groups in total. The summed E-state index contributed by atoms with van der Waals surface area (Å²) in [5.41, 5.74) is 3.44. The van der Waals surface area contributed by atoms with Gasteiger partial charge in [-0.3, -0.25) is 14.5 Å². The highest BCUT2D eigenvalue weighted by Gasteiger charge is 2.30. The zero-order valence-electron chi connectivity index (χ0n) is 15.5. The first kappa shape index (κ1) is 16.4. The molecule has 0 radical (unpaired) electrons. The van der Waals surface area contributed by atoms with Crippen LogP contribution in [0.5, 0.6) is 0 Å². The highest BCUT2D eigenvalue weighted by molar-refractivity contribution is 7.22. The topological polar surface area (TPSA) is 106 Å². The van der Waals surface area contributed by atoms with E-state index in [0.717, 1.165) is 40.1 Å². The van der Waals surface area contributed by atoms with Crippen molar-refractivity contribution in [2.24, 2.45) is 13.0 Å². The third kappa shape index (κ3) is 2.56. The molecule has 0 atom stereocenters. The predicted octanol–water partition coefficient (Wildman–Crippen LogP) is 3.11. The largest absolute Gasteiger partial charge is 0.326 e. The summed E-state index contributed by atoms with van der Waals surface area (Å²) in [6.45, 7) is 0. The van der Waals surface area contributed by atoms with Crippen molar-refractivity contribution < 1.29 is 4.79 Å². The molecule has 144 valence electrons. The lowest BCUT2D eigenvalue weighted by molar-refractivity contribution is -0.117. The van der Waals surface area contributed by atoms with Crippen LogP contribution in [0.3, 0.4) is 0 Å². The molecule has 1 fully saturated rings. The summed E-state index contributed by atoms with van der Waals surface area (Å²) in [6, 6.07) is 8.00. The molecule has 1 aliphatic rings. The van der Waals surface area contributed by atoms with Gasteiger partial charge in [0, 0.05) is 13.0 Å². The van der Waals surface area contributed by atoms with E-state index >= 15 is 0 Å². The summed E-state index contributed by atoms with van der Waals surface area (Å²) in [4.78, 5) is 25.6. The van der Waals surface area contributed by atoms with Crippen molar-refractivity contribution >= 4 is 43.8 Å². The van der Waals surface area contributed by atoms with E-state index in [4.69, 9.17) is 4.98 Å². The Hall–Kier alpha value is -3.53. The van der Waals surface area contributed by atoms with Gasteiger partial charge < -0.3 is 9.88 Å². The van der Waals surface area contributed by atoms with Gasteiger partial charge in [-0.15, -0.1) is 0 Å². The average molecular weight is 404 g/mol. The molecule has 1 aromatic carbocycles. The van der Waals surface area contributed by atoms with E-state index in [2.05, 4.69) is 25.5 Å². The number of aromatic amines is 1. The second kappa shape index (κ2) is 5.98. The van der Waals surface area contributed by atoms with E-state index in [-0.39, 0.29) is 11.8 Å². The Morgan fingerprint density at radius 2 is 2.14 bits per heavy atom. The van der Waals surface area contributed by atoms with Crippen LogP contribution in [0.15, 0.2) is 36.8 Å². The Labute approximate surface area is 168 Å². The van der Waals surface area contributed by atoms with Crippen LogP contribution in [-0.4, -0.2) is 40.2 Å². The number of carbonyl (C=O) groups is 1. The van der Waals surface area contributed by atoms with Crippen LogP contribution in [-0.2, 0) is 11.8 Å². The zero-order chi connectivity index (χ0) is 19.5. The number of nitrogens with one attached hydrogen (secondary N) is 2. The third-order valence-electron chi connectivity index (χ3n) is 5.16. The van der Waals surface area contributed by atoms with Crippen LogP contribution in [0.2, 0.25) is 0 Å². The van der Waals surface area contributed by atoms with Crippen LogP contribution < -0.4 is 5.32 Å². The minimum atomic E-state index is 0.0407. The van der Waals surface area contributed by atoms with Crippen LogP contribution in [0, 0.1) is 5.92 Å². The predicted molar refractivity (Wildman–Crippen MR) is 110 cm³/mol. The summed E-state index contributed by atoms with van der Waals surface area (Å²) >= 11 is 1.40. The molecule has 0 unspecified atom stereocenters. The number of thiazole rings is 1. The van der Waals surface area contributed by atoms with Gasteiger partial charge in [0.05, 0.1) is 17.2 Å². The van der Waals surface area contributed by atoms with Crippen molar-refractivity contribution in [1.82, 2.24) is 34.3 Å². The Morgan fingerprint density at radius 3 is 2.97 bits per heavy atom. The maximum atomic E-state index is 12.1. The molecular formula is C19H16N8OS. The van der Waals surface area contributed by atoms with Gasteiger partial charge in [-0.25, -0.2) is 15.0 Å². The molecule has 1 saturated carbocycles. The van der Waals surface area contributed by atoms with E-state index < -0.39 is 0 Å². The van der Waals surface area contributed by atoms with Gasteiger partial charge in [0.2, 0.25) is 5.91 Å². The number of para-hydroxylation sites is 2. The fourth-order valence-electron chi connectivity index (χ4n) is 3.48. The standard InChI is InChI=1S/C19H16N8OS/c1-26-12-5-3-2-4-11(12)21-16(26)13-8-20-9-27(13)17-14-15(24-25-17)22-19(29-14)23-18(28)10-6-7-10/h2-5,8-10H,6-7H2,1H3,(H2,22,23,24,25,28). The van der Waals surface area contributed by atoms with Gasteiger partial charge in [-0.2, -0.15) is 5.10 Å².